The van der Waals surface area contributed by atoms with E-state index < -0.39 is 0 Å². The molecule has 1 fully saturated rings. The third-order valence-electron chi connectivity index (χ3n) is 5.08. The van der Waals surface area contributed by atoms with Gasteiger partial charge >= 0.3 is 0 Å². The highest BCUT2D eigenvalue weighted by Crippen LogP contribution is 2.32. The maximum atomic E-state index is 12.4. The third-order valence-corrected chi connectivity index (χ3v) is 5.08. The summed E-state index contributed by atoms with van der Waals surface area (Å²) >= 11 is 0. The van der Waals surface area contributed by atoms with E-state index in [2.05, 4.69) is 25.3 Å². The van der Waals surface area contributed by atoms with Gasteiger partial charge in [-0.15, -0.1) is 0 Å². The largest absolute Gasteiger partial charge is 0.360 e. The molecule has 1 aliphatic heterocycles. The van der Waals surface area contributed by atoms with Gasteiger partial charge in [0.15, 0.2) is 5.82 Å². The van der Waals surface area contributed by atoms with Gasteiger partial charge in [-0.3, -0.25) is 14.7 Å². The number of pyridine rings is 1. The number of anilines is 1. The standard InChI is InChI=1S/C21H24N6O2/c1-14-10-19(26-29-14)25-20(28)13-27-9-3-4-17(12-27)21-18(11-23-15(2)24-21)16-5-7-22-8-6-16/h5-8,10-11,17H,3-4,9,12-13H2,1-2H3,(H,25,26,28). The molecule has 8 nitrogen and oxygen atoms in total. The number of aryl methyl sites for hydroxylation is 2. The van der Waals surface area contributed by atoms with Gasteiger partial charge in [0.25, 0.3) is 0 Å². The van der Waals surface area contributed by atoms with E-state index in [4.69, 9.17) is 9.51 Å². The number of aromatic nitrogens is 4. The zero-order valence-corrected chi connectivity index (χ0v) is 16.6. The van der Waals surface area contributed by atoms with Crippen LogP contribution in [0.2, 0.25) is 0 Å². The predicted molar refractivity (Wildman–Crippen MR) is 108 cm³/mol. The molecule has 0 radical (unpaired) electrons. The lowest BCUT2D eigenvalue weighted by molar-refractivity contribution is -0.117. The van der Waals surface area contributed by atoms with E-state index in [1.165, 1.54) is 0 Å². The number of nitrogens with zero attached hydrogens (tertiary/aromatic N) is 5. The van der Waals surface area contributed by atoms with Crippen molar-refractivity contribution < 1.29 is 9.32 Å². The van der Waals surface area contributed by atoms with E-state index in [1.54, 1.807) is 25.4 Å². The Bertz CT molecular complexity index is 988. The van der Waals surface area contributed by atoms with Crippen LogP contribution in [0, 0.1) is 13.8 Å². The first-order valence-electron chi connectivity index (χ1n) is 9.78. The first-order valence-corrected chi connectivity index (χ1v) is 9.78. The number of piperidine rings is 1. The monoisotopic (exact) mass is 392 g/mol. The Morgan fingerprint density at radius 1 is 1.31 bits per heavy atom. The number of hydrogen-bond acceptors (Lipinski definition) is 7. The van der Waals surface area contributed by atoms with E-state index in [9.17, 15) is 4.79 Å². The Morgan fingerprint density at radius 2 is 2.14 bits per heavy atom. The highest BCUT2D eigenvalue weighted by Gasteiger charge is 2.26. The molecule has 0 saturated carbocycles. The molecule has 1 saturated heterocycles. The zero-order chi connectivity index (χ0) is 20.2. The number of rotatable bonds is 5. The molecule has 8 heteroatoms. The highest BCUT2D eigenvalue weighted by atomic mass is 16.5. The van der Waals surface area contributed by atoms with Crippen LogP contribution in [0.1, 0.15) is 36.0 Å². The number of hydrogen-bond donors (Lipinski definition) is 1. The van der Waals surface area contributed by atoms with Crippen molar-refractivity contribution in [2.75, 3.05) is 25.0 Å². The van der Waals surface area contributed by atoms with Gasteiger partial charge in [0, 0.05) is 42.7 Å². The average Bonchev–Trinajstić information content (AvgIpc) is 3.13. The molecule has 1 atom stereocenters. The fraction of sp³-hybridized carbons (Fsp3) is 0.381. The Labute approximate surface area is 169 Å². The molecule has 1 amide bonds. The van der Waals surface area contributed by atoms with Crippen LogP contribution in [0.5, 0.6) is 0 Å². The van der Waals surface area contributed by atoms with Crippen molar-refractivity contribution in [3.8, 4) is 11.1 Å². The van der Waals surface area contributed by atoms with Gasteiger partial charge in [0.2, 0.25) is 5.91 Å². The number of likely N-dealkylation sites (tertiary alicyclic amines) is 1. The van der Waals surface area contributed by atoms with E-state index in [1.807, 2.05) is 25.3 Å². The Kier molecular flexibility index (Phi) is 5.62. The van der Waals surface area contributed by atoms with Crippen molar-refractivity contribution in [1.82, 2.24) is 25.0 Å². The van der Waals surface area contributed by atoms with Crippen LogP contribution in [-0.4, -0.2) is 50.5 Å². The molecule has 1 N–H and O–H groups in total. The molecule has 150 valence electrons. The topological polar surface area (TPSA) is 97.0 Å². The van der Waals surface area contributed by atoms with Crippen LogP contribution in [0.15, 0.2) is 41.3 Å². The molecule has 0 spiro atoms. The van der Waals surface area contributed by atoms with Crippen LogP contribution in [0.4, 0.5) is 5.82 Å². The van der Waals surface area contributed by atoms with Gasteiger partial charge < -0.3 is 9.84 Å². The lowest BCUT2D eigenvalue weighted by atomic mass is 9.90. The summed E-state index contributed by atoms with van der Waals surface area (Å²) in [6.07, 6.45) is 7.50. The van der Waals surface area contributed by atoms with Crippen molar-refractivity contribution in [1.29, 1.82) is 0 Å². The van der Waals surface area contributed by atoms with Crippen LogP contribution in [0.25, 0.3) is 11.1 Å². The molecule has 3 aromatic rings. The van der Waals surface area contributed by atoms with Crippen LogP contribution in [0.3, 0.4) is 0 Å². The molecule has 1 unspecified atom stereocenters. The second kappa shape index (κ2) is 8.48. The third kappa shape index (κ3) is 4.65. The summed E-state index contributed by atoms with van der Waals surface area (Å²) < 4.78 is 5.00. The number of amides is 1. The van der Waals surface area contributed by atoms with Crippen LogP contribution >= 0.6 is 0 Å². The number of carbonyl (C=O) groups excluding carboxylic acids is 1. The Balaban J connectivity index is 1.48. The molecular formula is C21H24N6O2. The summed E-state index contributed by atoms with van der Waals surface area (Å²) in [4.78, 5) is 27.9. The first kappa shape index (κ1) is 19.2. The second-order valence-corrected chi connectivity index (χ2v) is 7.40. The van der Waals surface area contributed by atoms with Crippen LogP contribution < -0.4 is 5.32 Å². The molecule has 29 heavy (non-hydrogen) atoms. The molecule has 4 heterocycles. The molecule has 4 rings (SSSR count). The molecule has 1 aliphatic rings. The minimum absolute atomic E-state index is 0.0906. The fourth-order valence-corrected chi connectivity index (χ4v) is 3.79. The van der Waals surface area contributed by atoms with Crippen molar-refractivity contribution >= 4 is 11.7 Å². The fourth-order valence-electron chi connectivity index (χ4n) is 3.79. The normalized spacial score (nSPS) is 17.2. The Morgan fingerprint density at radius 3 is 2.90 bits per heavy atom. The van der Waals surface area contributed by atoms with Crippen LogP contribution in [-0.2, 0) is 4.79 Å². The zero-order valence-electron chi connectivity index (χ0n) is 16.6. The van der Waals surface area contributed by atoms with E-state index >= 15 is 0 Å². The van der Waals surface area contributed by atoms with E-state index in [0.717, 1.165) is 48.6 Å². The molecule has 0 aromatic carbocycles. The van der Waals surface area contributed by atoms with Crippen molar-refractivity contribution in [3.63, 3.8) is 0 Å². The predicted octanol–water partition coefficient (Wildman–Crippen LogP) is 2.96. The Hall–Kier alpha value is -3.13. The molecule has 0 aliphatic carbocycles. The van der Waals surface area contributed by atoms with E-state index in [-0.39, 0.29) is 11.8 Å². The molecule has 3 aromatic heterocycles. The summed E-state index contributed by atoms with van der Waals surface area (Å²) in [6, 6.07) is 5.67. The molecular weight excluding hydrogens is 368 g/mol. The minimum atomic E-state index is -0.0906. The van der Waals surface area contributed by atoms with Gasteiger partial charge in [-0.05, 0) is 50.9 Å². The van der Waals surface area contributed by atoms with Crippen molar-refractivity contribution in [2.24, 2.45) is 0 Å². The van der Waals surface area contributed by atoms with E-state index in [0.29, 0.717) is 18.1 Å². The summed E-state index contributed by atoms with van der Waals surface area (Å²) in [6.45, 7) is 5.68. The SMILES string of the molecule is Cc1ncc(-c2ccncc2)c(C2CCCN(CC(=O)Nc3cc(C)on3)C2)n1. The summed E-state index contributed by atoms with van der Waals surface area (Å²) in [5.41, 5.74) is 3.14. The number of nitrogens with one attached hydrogen (secondary N) is 1. The minimum Gasteiger partial charge on any atom is -0.360 e. The maximum absolute atomic E-state index is 12.4. The summed E-state index contributed by atoms with van der Waals surface area (Å²) in [7, 11) is 0. The number of carbonyl (C=O) groups is 1. The van der Waals surface area contributed by atoms with Gasteiger partial charge in [-0.2, -0.15) is 0 Å². The lowest BCUT2D eigenvalue weighted by Crippen LogP contribution is -2.40. The van der Waals surface area contributed by atoms with Crippen molar-refractivity contribution in [3.05, 3.63) is 54.1 Å². The highest BCUT2D eigenvalue weighted by molar-refractivity contribution is 5.91. The molecule has 0 bridgehead atoms. The lowest BCUT2D eigenvalue weighted by Gasteiger charge is -2.32. The quantitative estimate of drug-likeness (QED) is 0.713. The van der Waals surface area contributed by atoms with Gasteiger partial charge in [0.05, 0.1) is 12.2 Å². The summed E-state index contributed by atoms with van der Waals surface area (Å²) in [5, 5.41) is 6.61. The van der Waals surface area contributed by atoms with Gasteiger partial charge in [0.1, 0.15) is 11.6 Å². The second-order valence-electron chi connectivity index (χ2n) is 7.40. The average molecular weight is 392 g/mol. The smallest absolute Gasteiger partial charge is 0.239 e. The summed E-state index contributed by atoms with van der Waals surface area (Å²) in [5.74, 6) is 2.03. The van der Waals surface area contributed by atoms with Gasteiger partial charge in [-0.1, -0.05) is 5.16 Å². The first-order chi connectivity index (χ1) is 14.1. The maximum Gasteiger partial charge on any atom is 0.239 e. The van der Waals surface area contributed by atoms with Gasteiger partial charge in [-0.25, -0.2) is 9.97 Å². The van der Waals surface area contributed by atoms with Crippen molar-refractivity contribution in [2.45, 2.75) is 32.6 Å².